The number of benzene rings is 1. The SMILES string of the molecule is C[C@H]1CC[C@H](c2nc3cc(F)c(NC(=O)c4cccc(C(F)(F)F)n4)cc3s2)CC1. The van der Waals surface area contributed by atoms with Crippen LogP contribution in [0.25, 0.3) is 10.2 Å². The first-order chi connectivity index (χ1) is 14.2. The first-order valence-corrected chi connectivity index (χ1v) is 10.5. The van der Waals surface area contributed by atoms with Gasteiger partial charge in [0.25, 0.3) is 5.91 Å². The second-order valence-electron chi connectivity index (χ2n) is 7.67. The number of nitrogens with zero attached hydrogens (tertiary/aromatic N) is 2. The Kier molecular flexibility index (Phi) is 5.48. The average Bonchev–Trinajstić information content (AvgIpc) is 3.11. The summed E-state index contributed by atoms with van der Waals surface area (Å²) in [5, 5.41) is 3.28. The van der Waals surface area contributed by atoms with E-state index in [1.165, 1.54) is 23.5 Å². The third-order valence-electron chi connectivity index (χ3n) is 5.38. The zero-order valence-corrected chi connectivity index (χ0v) is 16.9. The van der Waals surface area contributed by atoms with Gasteiger partial charge in [-0.25, -0.2) is 14.4 Å². The number of thiazole rings is 1. The summed E-state index contributed by atoms with van der Waals surface area (Å²) >= 11 is 1.46. The van der Waals surface area contributed by atoms with Crippen LogP contribution >= 0.6 is 11.3 Å². The molecule has 0 bridgehead atoms. The maximum atomic E-state index is 14.5. The Balaban J connectivity index is 1.57. The van der Waals surface area contributed by atoms with Gasteiger partial charge in [0.2, 0.25) is 0 Å². The summed E-state index contributed by atoms with van der Waals surface area (Å²) in [7, 11) is 0. The molecular formula is C21H19F4N3OS. The van der Waals surface area contributed by atoms with Gasteiger partial charge in [-0.05, 0) is 37.0 Å². The average molecular weight is 437 g/mol. The van der Waals surface area contributed by atoms with Gasteiger partial charge in [0.15, 0.2) is 0 Å². The van der Waals surface area contributed by atoms with Gasteiger partial charge in [0, 0.05) is 12.0 Å². The zero-order chi connectivity index (χ0) is 21.5. The number of hydrogen-bond donors (Lipinski definition) is 1. The van der Waals surface area contributed by atoms with E-state index < -0.39 is 29.3 Å². The van der Waals surface area contributed by atoms with E-state index in [-0.39, 0.29) is 5.69 Å². The van der Waals surface area contributed by atoms with Crippen LogP contribution in [0.5, 0.6) is 0 Å². The molecule has 1 aliphatic rings. The number of aromatic nitrogens is 2. The molecule has 0 atom stereocenters. The lowest BCUT2D eigenvalue weighted by molar-refractivity contribution is -0.141. The number of amides is 1. The van der Waals surface area contributed by atoms with Crippen molar-refractivity contribution in [2.75, 3.05) is 5.32 Å². The van der Waals surface area contributed by atoms with Gasteiger partial charge in [0.05, 0.1) is 20.9 Å². The highest BCUT2D eigenvalue weighted by Gasteiger charge is 2.33. The van der Waals surface area contributed by atoms with Crippen LogP contribution in [0.3, 0.4) is 0 Å². The number of halogens is 4. The number of hydrogen-bond acceptors (Lipinski definition) is 4. The smallest absolute Gasteiger partial charge is 0.318 e. The number of pyridine rings is 1. The van der Waals surface area contributed by atoms with E-state index in [0.29, 0.717) is 17.4 Å². The lowest BCUT2D eigenvalue weighted by Gasteiger charge is -2.24. The predicted octanol–water partition coefficient (Wildman–Crippen LogP) is 6.40. The largest absolute Gasteiger partial charge is 0.433 e. The van der Waals surface area contributed by atoms with E-state index in [2.05, 4.69) is 22.2 Å². The quantitative estimate of drug-likeness (QED) is 0.483. The topological polar surface area (TPSA) is 54.9 Å². The number of nitrogens with one attached hydrogen (secondary N) is 1. The molecule has 0 spiro atoms. The van der Waals surface area contributed by atoms with Crippen LogP contribution in [0.1, 0.15) is 59.7 Å². The van der Waals surface area contributed by atoms with Crippen molar-refractivity contribution in [1.82, 2.24) is 9.97 Å². The summed E-state index contributed by atoms with van der Waals surface area (Å²) in [6.07, 6.45) is -0.292. The molecule has 9 heteroatoms. The summed E-state index contributed by atoms with van der Waals surface area (Å²) in [6, 6.07) is 5.73. The van der Waals surface area contributed by atoms with E-state index >= 15 is 0 Å². The molecule has 2 heterocycles. The Bertz CT molecular complexity index is 1090. The maximum Gasteiger partial charge on any atom is 0.433 e. The van der Waals surface area contributed by atoms with Crippen LogP contribution in [-0.2, 0) is 6.18 Å². The normalized spacial score (nSPS) is 19.8. The van der Waals surface area contributed by atoms with E-state index in [1.807, 2.05) is 0 Å². The third kappa shape index (κ3) is 4.30. The fourth-order valence-electron chi connectivity index (χ4n) is 3.65. The van der Waals surface area contributed by atoms with Crippen molar-refractivity contribution < 1.29 is 22.4 Å². The summed E-state index contributed by atoms with van der Waals surface area (Å²) in [6.45, 7) is 2.23. The second-order valence-corrected chi connectivity index (χ2v) is 8.73. The Morgan fingerprint density at radius 2 is 1.87 bits per heavy atom. The molecule has 0 unspecified atom stereocenters. The van der Waals surface area contributed by atoms with Crippen LogP contribution in [0.4, 0.5) is 23.2 Å². The number of carbonyl (C=O) groups excluding carboxylic acids is 1. The molecule has 0 aliphatic heterocycles. The lowest BCUT2D eigenvalue weighted by Crippen LogP contribution is -2.17. The van der Waals surface area contributed by atoms with Gasteiger partial charge in [-0.15, -0.1) is 11.3 Å². The third-order valence-corrected chi connectivity index (χ3v) is 6.56. The highest BCUT2D eigenvalue weighted by atomic mass is 32.1. The summed E-state index contributed by atoms with van der Waals surface area (Å²) in [5.41, 5.74) is -1.22. The van der Waals surface area contributed by atoms with Crippen LogP contribution in [0, 0.1) is 11.7 Å². The van der Waals surface area contributed by atoms with E-state index in [1.54, 1.807) is 0 Å². The molecule has 4 rings (SSSR count). The maximum absolute atomic E-state index is 14.5. The van der Waals surface area contributed by atoms with Crippen molar-refractivity contribution in [2.45, 2.75) is 44.7 Å². The molecule has 1 fully saturated rings. The molecule has 0 saturated heterocycles. The number of alkyl halides is 3. The molecule has 1 N–H and O–H groups in total. The van der Waals surface area contributed by atoms with Crippen molar-refractivity contribution in [3.63, 3.8) is 0 Å². The van der Waals surface area contributed by atoms with Crippen molar-refractivity contribution in [1.29, 1.82) is 0 Å². The van der Waals surface area contributed by atoms with E-state index in [9.17, 15) is 22.4 Å². The van der Waals surface area contributed by atoms with Crippen LogP contribution in [0.15, 0.2) is 30.3 Å². The molecule has 1 saturated carbocycles. The van der Waals surface area contributed by atoms with Crippen molar-refractivity contribution in [2.24, 2.45) is 5.92 Å². The highest BCUT2D eigenvalue weighted by Crippen LogP contribution is 2.39. The molecular weight excluding hydrogens is 418 g/mol. The molecule has 158 valence electrons. The van der Waals surface area contributed by atoms with Gasteiger partial charge < -0.3 is 5.32 Å². The van der Waals surface area contributed by atoms with Crippen molar-refractivity contribution in [3.8, 4) is 0 Å². The minimum absolute atomic E-state index is 0.112. The fourth-order valence-corrected chi connectivity index (χ4v) is 4.81. The number of fused-ring (bicyclic) bond motifs is 1. The van der Waals surface area contributed by atoms with Crippen LogP contribution < -0.4 is 5.32 Å². The molecule has 1 aromatic carbocycles. The van der Waals surface area contributed by atoms with Gasteiger partial charge in [-0.1, -0.05) is 25.8 Å². The van der Waals surface area contributed by atoms with Crippen molar-refractivity contribution >= 4 is 33.1 Å². The Hall–Kier alpha value is -2.55. The first kappa shape index (κ1) is 20.7. The Labute approximate surface area is 174 Å². The van der Waals surface area contributed by atoms with Gasteiger partial charge in [0.1, 0.15) is 17.2 Å². The van der Waals surface area contributed by atoms with Gasteiger partial charge in [-0.3, -0.25) is 4.79 Å². The minimum Gasteiger partial charge on any atom is -0.318 e. The molecule has 0 radical (unpaired) electrons. The molecule has 2 aromatic heterocycles. The van der Waals surface area contributed by atoms with Crippen LogP contribution in [0.2, 0.25) is 0 Å². The molecule has 3 aromatic rings. The number of carbonyl (C=O) groups is 1. The van der Waals surface area contributed by atoms with E-state index in [0.717, 1.165) is 53.6 Å². The Morgan fingerprint density at radius 1 is 1.13 bits per heavy atom. The Morgan fingerprint density at radius 3 is 2.57 bits per heavy atom. The minimum atomic E-state index is -4.67. The van der Waals surface area contributed by atoms with Crippen LogP contribution in [-0.4, -0.2) is 15.9 Å². The second kappa shape index (κ2) is 7.94. The molecule has 30 heavy (non-hydrogen) atoms. The van der Waals surface area contributed by atoms with Crippen molar-refractivity contribution in [3.05, 3.63) is 52.5 Å². The highest BCUT2D eigenvalue weighted by molar-refractivity contribution is 7.18. The van der Waals surface area contributed by atoms with Gasteiger partial charge >= 0.3 is 6.18 Å². The summed E-state index contributed by atoms with van der Waals surface area (Å²) in [4.78, 5) is 20.2. The first-order valence-electron chi connectivity index (χ1n) is 9.66. The predicted molar refractivity (Wildman–Crippen MR) is 107 cm³/mol. The number of rotatable bonds is 3. The molecule has 1 amide bonds. The monoisotopic (exact) mass is 437 g/mol. The van der Waals surface area contributed by atoms with Gasteiger partial charge in [-0.2, -0.15) is 13.2 Å². The molecule has 4 nitrogen and oxygen atoms in total. The summed E-state index contributed by atoms with van der Waals surface area (Å²) < 4.78 is 53.7. The lowest BCUT2D eigenvalue weighted by atomic mass is 9.83. The zero-order valence-electron chi connectivity index (χ0n) is 16.1. The molecule has 1 aliphatic carbocycles. The fraction of sp³-hybridized carbons (Fsp3) is 0.381. The summed E-state index contributed by atoms with van der Waals surface area (Å²) in [5.74, 6) is -0.546. The standard InChI is InChI=1S/C21H19F4N3OS/c1-11-5-7-12(8-6-11)20-28-16-9-13(22)15(10-17(16)30-20)27-19(29)14-3-2-4-18(26-14)21(23,24)25/h2-4,9-12H,5-8H2,1H3,(H,27,29)/t11-,12-. The number of anilines is 1. The van der Waals surface area contributed by atoms with E-state index in [4.69, 9.17) is 0 Å².